The zero-order valence-corrected chi connectivity index (χ0v) is 13.6. The van der Waals surface area contributed by atoms with Crippen molar-refractivity contribution in [1.29, 1.82) is 0 Å². The van der Waals surface area contributed by atoms with Crippen molar-refractivity contribution in [3.63, 3.8) is 0 Å². The maximum Gasteiger partial charge on any atom is 0.260 e. The lowest BCUT2D eigenvalue weighted by Crippen LogP contribution is -2.52. The summed E-state index contributed by atoms with van der Waals surface area (Å²) in [5, 5.41) is 1.37. The fourth-order valence-corrected chi connectivity index (χ4v) is 2.53. The third-order valence-corrected chi connectivity index (χ3v) is 4.15. The number of carbonyl (C=O) groups is 1. The lowest BCUT2D eigenvalue weighted by Gasteiger charge is -2.37. The second-order valence-corrected chi connectivity index (χ2v) is 5.83. The van der Waals surface area contributed by atoms with Gasteiger partial charge >= 0.3 is 0 Å². The van der Waals surface area contributed by atoms with Gasteiger partial charge in [-0.15, -0.1) is 0 Å². The van der Waals surface area contributed by atoms with Crippen LogP contribution in [0.5, 0.6) is 5.75 Å². The van der Waals surface area contributed by atoms with E-state index in [0.29, 0.717) is 23.9 Å². The summed E-state index contributed by atoms with van der Waals surface area (Å²) in [7, 11) is 0. The maximum atomic E-state index is 12.2. The first-order valence-corrected chi connectivity index (χ1v) is 7.95. The van der Waals surface area contributed by atoms with Gasteiger partial charge in [0.05, 0.1) is 18.8 Å². The van der Waals surface area contributed by atoms with E-state index in [2.05, 4.69) is 15.9 Å². The van der Waals surface area contributed by atoms with Gasteiger partial charge in [-0.25, -0.2) is 0 Å². The van der Waals surface area contributed by atoms with Crippen molar-refractivity contribution in [2.75, 3.05) is 25.1 Å². The molecule has 0 bridgehead atoms. The van der Waals surface area contributed by atoms with Gasteiger partial charge in [0.2, 0.25) is 0 Å². The topological polar surface area (TPSA) is 38.8 Å². The third-order valence-electron chi connectivity index (χ3n) is 3.17. The number of benzene rings is 1. The number of nitrogens with zero attached hydrogens (tertiary/aromatic N) is 1. The molecule has 1 fully saturated rings. The zero-order chi connectivity index (χ0) is 14.5. The molecule has 6 heteroatoms. The largest absolute Gasteiger partial charge is 0.484 e. The molecule has 0 aliphatic carbocycles. The molecule has 4 nitrogen and oxygen atoms in total. The molecule has 1 aliphatic heterocycles. The van der Waals surface area contributed by atoms with Crippen LogP contribution < -0.4 is 4.74 Å². The van der Waals surface area contributed by atoms with Crippen molar-refractivity contribution >= 4 is 33.4 Å². The van der Waals surface area contributed by atoms with E-state index in [0.717, 1.165) is 5.33 Å². The predicted molar refractivity (Wildman–Crippen MR) is 81.7 cm³/mol. The van der Waals surface area contributed by atoms with Gasteiger partial charge in [0.25, 0.3) is 5.91 Å². The number of amides is 1. The van der Waals surface area contributed by atoms with Crippen molar-refractivity contribution in [3.8, 4) is 5.75 Å². The average Bonchev–Trinajstić information content (AvgIpc) is 2.47. The van der Waals surface area contributed by atoms with Gasteiger partial charge < -0.3 is 14.4 Å². The molecule has 20 heavy (non-hydrogen) atoms. The highest BCUT2D eigenvalue weighted by Crippen LogP contribution is 2.17. The number of carbonyl (C=O) groups excluding carboxylic acids is 1. The molecule has 0 N–H and O–H groups in total. The Labute approximate surface area is 132 Å². The number of halogens is 2. The molecule has 1 aliphatic rings. The van der Waals surface area contributed by atoms with E-state index in [1.54, 1.807) is 24.3 Å². The van der Waals surface area contributed by atoms with Crippen LogP contribution in [0.4, 0.5) is 0 Å². The number of hydrogen-bond donors (Lipinski definition) is 0. The van der Waals surface area contributed by atoms with Crippen LogP contribution in [0.2, 0.25) is 5.02 Å². The summed E-state index contributed by atoms with van der Waals surface area (Å²) in [6.07, 6.45) is 0.0469. The first-order chi connectivity index (χ1) is 9.60. The molecule has 1 amide bonds. The number of rotatable bonds is 4. The van der Waals surface area contributed by atoms with Crippen LogP contribution in [0.25, 0.3) is 0 Å². The summed E-state index contributed by atoms with van der Waals surface area (Å²) in [5.74, 6) is 0.613. The van der Waals surface area contributed by atoms with E-state index in [4.69, 9.17) is 21.1 Å². The Morgan fingerprint density at radius 2 is 2.20 bits per heavy atom. The molecule has 1 heterocycles. The Morgan fingerprint density at radius 3 is 2.85 bits per heavy atom. The fraction of sp³-hybridized carbons (Fsp3) is 0.500. The molecule has 2 rings (SSSR count). The minimum atomic E-state index is -0.0262. The Morgan fingerprint density at radius 1 is 1.50 bits per heavy atom. The summed E-state index contributed by atoms with van der Waals surface area (Å²) in [5.41, 5.74) is 0. The Balaban J connectivity index is 1.88. The molecule has 1 aromatic rings. The molecule has 0 aromatic heterocycles. The van der Waals surface area contributed by atoms with Gasteiger partial charge in [0.1, 0.15) is 5.75 Å². The van der Waals surface area contributed by atoms with E-state index in [1.807, 2.05) is 11.8 Å². The number of ether oxygens (including phenoxy) is 2. The van der Waals surface area contributed by atoms with Crippen LogP contribution in [0.1, 0.15) is 6.92 Å². The molecule has 1 saturated heterocycles. The van der Waals surface area contributed by atoms with Gasteiger partial charge in [0, 0.05) is 16.9 Å². The Bertz CT molecular complexity index is 454. The van der Waals surface area contributed by atoms with E-state index in [1.165, 1.54) is 0 Å². The van der Waals surface area contributed by atoms with Crippen LogP contribution >= 0.6 is 27.5 Å². The van der Waals surface area contributed by atoms with Crippen molar-refractivity contribution in [1.82, 2.24) is 4.90 Å². The minimum Gasteiger partial charge on any atom is -0.484 e. The fourth-order valence-electron chi connectivity index (χ4n) is 2.02. The van der Waals surface area contributed by atoms with Crippen molar-refractivity contribution in [3.05, 3.63) is 29.3 Å². The summed E-state index contributed by atoms with van der Waals surface area (Å²) < 4.78 is 11.1. The van der Waals surface area contributed by atoms with Gasteiger partial charge in [-0.05, 0) is 31.2 Å². The Kier molecular flexibility index (Phi) is 5.69. The molecule has 0 saturated carbocycles. The quantitative estimate of drug-likeness (QED) is 0.773. The molecule has 0 radical (unpaired) electrons. The summed E-state index contributed by atoms with van der Waals surface area (Å²) >= 11 is 9.18. The smallest absolute Gasteiger partial charge is 0.260 e. The van der Waals surface area contributed by atoms with Crippen LogP contribution in [0, 0.1) is 0 Å². The zero-order valence-electron chi connectivity index (χ0n) is 11.2. The van der Waals surface area contributed by atoms with Crippen molar-refractivity contribution in [2.24, 2.45) is 0 Å². The van der Waals surface area contributed by atoms with Crippen molar-refractivity contribution < 1.29 is 14.3 Å². The molecular formula is C14H17BrClNO3. The number of morpholine rings is 1. The normalized spacial score (nSPS) is 22.6. The van der Waals surface area contributed by atoms with Crippen LogP contribution in [-0.2, 0) is 9.53 Å². The summed E-state index contributed by atoms with van der Waals surface area (Å²) in [4.78, 5) is 14.0. The highest BCUT2D eigenvalue weighted by molar-refractivity contribution is 9.09. The number of alkyl halides is 1. The highest BCUT2D eigenvalue weighted by atomic mass is 79.9. The van der Waals surface area contributed by atoms with Gasteiger partial charge in [-0.2, -0.15) is 0 Å². The highest BCUT2D eigenvalue weighted by Gasteiger charge is 2.29. The number of hydrogen-bond acceptors (Lipinski definition) is 3. The van der Waals surface area contributed by atoms with Gasteiger partial charge in [-0.3, -0.25) is 4.79 Å². The molecule has 0 spiro atoms. The van der Waals surface area contributed by atoms with Crippen molar-refractivity contribution in [2.45, 2.75) is 19.1 Å². The predicted octanol–water partition coefficient (Wildman–Crippen LogP) is 2.73. The lowest BCUT2D eigenvalue weighted by atomic mass is 10.2. The SMILES string of the molecule is CC1COC(CBr)CN1C(=O)COc1ccc(Cl)cc1. The van der Waals surface area contributed by atoms with E-state index >= 15 is 0 Å². The second-order valence-electron chi connectivity index (χ2n) is 4.75. The van der Waals surface area contributed by atoms with E-state index in [9.17, 15) is 4.79 Å². The van der Waals surface area contributed by atoms with Crippen LogP contribution in [-0.4, -0.2) is 48.0 Å². The first-order valence-electron chi connectivity index (χ1n) is 6.45. The minimum absolute atomic E-state index is 0.0262. The molecular weight excluding hydrogens is 346 g/mol. The van der Waals surface area contributed by atoms with Gasteiger partial charge in [0.15, 0.2) is 6.61 Å². The lowest BCUT2D eigenvalue weighted by molar-refractivity contribution is -0.145. The maximum absolute atomic E-state index is 12.2. The summed E-state index contributed by atoms with van der Waals surface area (Å²) in [6.45, 7) is 3.16. The van der Waals surface area contributed by atoms with E-state index in [-0.39, 0.29) is 24.7 Å². The van der Waals surface area contributed by atoms with E-state index < -0.39 is 0 Å². The van der Waals surface area contributed by atoms with Crippen LogP contribution in [0.15, 0.2) is 24.3 Å². The Hall–Kier alpha value is -0.780. The second kappa shape index (κ2) is 7.29. The average molecular weight is 363 g/mol. The first kappa shape index (κ1) is 15.6. The monoisotopic (exact) mass is 361 g/mol. The molecule has 110 valence electrons. The molecule has 2 unspecified atom stereocenters. The molecule has 2 atom stereocenters. The molecule has 1 aromatic carbocycles. The standard InChI is InChI=1S/C14H17BrClNO3/c1-10-8-19-13(6-15)7-17(10)14(18)9-20-12-4-2-11(16)3-5-12/h2-5,10,13H,6-9H2,1H3. The van der Waals surface area contributed by atoms with Crippen LogP contribution in [0.3, 0.4) is 0 Å². The summed E-state index contributed by atoms with van der Waals surface area (Å²) in [6, 6.07) is 7.05. The van der Waals surface area contributed by atoms with Gasteiger partial charge in [-0.1, -0.05) is 27.5 Å². The third kappa shape index (κ3) is 4.11.